The quantitative estimate of drug-likeness (QED) is 0.734. The van der Waals surface area contributed by atoms with Gasteiger partial charge >= 0.3 is 6.36 Å². The summed E-state index contributed by atoms with van der Waals surface area (Å²) in [5.41, 5.74) is 1.16. The Bertz CT molecular complexity index is 970. The second-order valence-corrected chi connectivity index (χ2v) is 8.77. The van der Waals surface area contributed by atoms with Crippen molar-refractivity contribution in [3.63, 3.8) is 0 Å². The first-order valence-corrected chi connectivity index (χ1v) is 10.2. The van der Waals surface area contributed by atoms with E-state index >= 15 is 0 Å². The van der Waals surface area contributed by atoms with Crippen LogP contribution in [0.25, 0.3) is 0 Å². The third-order valence-electron chi connectivity index (χ3n) is 4.30. The van der Waals surface area contributed by atoms with Crippen LogP contribution in [0.4, 0.5) is 13.2 Å². The smallest absolute Gasteiger partial charge is 0.406 e. The summed E-state index contributed by atoms with van der Waals surface area (Å²) in [5.74, 6) is -0.666. The first kappa shape index (κ1) is 21.1. The van der Waals surface area contributed by atoms with E-state index in [1.54, 1.807) is 24.3 Å². The molecule has 0 radical (unpaired) electrons. The van der Waals surface area contributed by atoms with Crippen LogP contribution in [0, 0.1) is 0 Å². The number of hydrogen-bond acceptors (Lipinski definition) is 4. The van der Waals surface area contributed by atoms with Gasteiger partial charge in [0.15, 0.2) is 0 Å². The van der Waals surface area contributed by atoms with Crippen molar-refractivity contribution in [2.45, 2.75) is 36.7 Å². The van der Waals surface area contributed by atoms with Gasteiger partial charge in [0.1, 0.15) is 5.75 Å². The highest BCUT2D eigenvalue weighted by molar-refractivity contribution is 7.89. The van der Waals surface area contributed by atoms with Crippen molar-refractivity contribution in [1.29, 1.82) is 0 Å². The maximum absolute atomic E-state index is 12.6. The lowest BCUT2D eigenvalue weighted by Crippen LogP contribution is -2.27. The number of nitrogens with zero attached hydrogens (tertiary/aromatic N) is 1. The SMILES string of the molecule is CN(Cc1ccc(C(=O)NC2CC2)cc1)S(=O)(=O)c1ccc(OC(F)(F)F)cc1. The van der Waals surface area contributed by atoms with E-state index in [0.29, 0.717) is 11.1 Å². The molecule has 0 atom stereocenters. The third-order valence-corrected chi connectivity index (χ3v) is 6.12. The zero-order valence-electron chi connectivity index (χ0n) is 15.4. The molecule has 1 fully saturated rings. The fourth-order valence-corrected chi connectivity index (χ4v) is 3.75. The zero-order chi connectivity index (χ0) is 21.2. The first-order valence-electron chi connectivity index (χ1n) is 8.76. The molecule has 0 aromatic heterocycles. The maximum Gasteiger partial charge on any atom is 0.573 e. The van der Waals surface area contributed by atoms with Crippen LogP contribution in [0.1, 0.15) is 28.8 Å². The lowest BCUT2D eigenvalue weighted by Gasteiger charge is -2.18. The molecule has 0 heterocycles. The van der Waals surface area contributed by atoms with Crippen LogP contribution in [-0.2, 0) is 16.6 Å². The number of nitrogens with one attached hydrogen (secondary N) is 1. The molecule has 0 saturated heterocycles. The second kappa shape index (κ2) is 8.03. The van der Waals surface area contributed by atoms with Crippen LogP contribution in [0.15, 0.2) is 53.4 Å². The minimum absolute atomic E-state index is 0.0354. The number of rotatable bonds is 7. The molecule has 2 aromatic carbocycles. The predicted octanol–water partition coefficient (Wildman–Crippen LogP) is 3.30. The number of amides is 1. The van der Waals surface area contributed by atoms with E-state index < -0.39 is 22.1 Å². The molecule has 2 aromatic rings. The van der Waals surface area contributed by atoms with Gasteiger partial charge < -0.3 is 10.1 Å². The molecule has 0 bridgehead atoms. The molecule has 1 amide bonds. The molecule has 0 spiro atoms. The summed E-state index contributed by atoms with van der Waals surface area (Å²) in [5, 5.41) is 2.87. The van der Waals surface area contributed by atoms with E-state index in [-0.39, 0.29) is 23.4 Å². The molecule has 29 heavy (non-hydrogen) atoms. The molecule has 6 nitrogen and oxygen atoms in total. The Hall–Kier alpha value is -2.59. The van der Waals surface area contributed by atoms with Gasteiger partial charge in [0.2, 0.25) is 10.0 Å². The molecule has 3 rings (SSSR count). The van der Waals surface area contributed by atoms with Gasteiger partial charge in [-0.05, 0) is 54.8 Å². The van der Waals surface area contributed by atoms with Gasteiger partial charge in [0.05, 0.1) is 4.90 Å². The van der Waals surface area contributed by atoms with Crippen LogP contribution in [0.3, 0.4) is 0 Å². The van der Waals surface area contributed by atoms with Crippen LogP contribution in [-0.4, -0.2) is 38.1 Å². The Balaban J connectivity index is 1.65. The lowest BCUT2D eigenvalue weighted by molar-refractivity contribution is -0.274. The Kier molecular flexibility index (Phi) is 5.85. The molecular weight excluding hydrogens is 409 g/mol. The molecule has 10 heteroatoms. The van der Waals surface area contributed by atoms with Crippen molar-refractivity contribution in [1.82, 2.24) is 9.62 Å². The van der Waals surface area contributed by atoms with Gasteiger partial charge in [-0.25, -0.2) is 8.42 Å². The first-order chi connectivity index (χ1) is 13.5. The van der Waals surface area contributed by atoms with Gasteiger partial charge in [0, 0.05) is 25.2 Å². The van der Waals surface area contributed by atoms with Crippen molar-refractivity contribution < 1.29 is 31.1 Å². The summed E-state index contributed by atoms with van der Waals surface area (Å²) in [7, 11) is -2.55. The van der Waals surface area contributed by atoms with Gasteiger partial charge in [-0.3, -0.25) is 4.79 Å². The zero-order valence-corrected chi connectivity index (χ0v) is 16.3. The van der Waals surface area contributed by atoms with E-state index in [1.165, 1.54) is 7.05 Å². The summed E-state index contributed by atoms with van der Waals surface area (Å²) < 4.78 is 66.7. The maximum atomic E-state index is 12.6. The van der Waals surface area contributed by atoms with Crippen LogP contribution < -0.4 is 10.1 Å². The molecule has 1 saturated carbocycles. The number of alkyl halides is 3. The predicted molar refractivity (Wildman–Crippen MR) is 98.7 cm³/mol. The minimum Gasteiger partial charge on any atom is -0.406 e. The highest BCUT2D eigenvalue weighted by Gasteiger charge is 2.31. The van der Waals surface area contributed by atoms with E-state index in [0.717, 1.165) is 41.4 Å². The Labute approximate surface area is 166 Å². The monoisotopic (exact) mass is 428 g/mol. The fraction of sp³-hybridized carbons (Fsp3) is 0.316. The van der Waals surface area contributed by atoms with E-state index in [4.69, 9.17) is 0 Å². The Morgan fingerprint density at radius 1 is 1.10 bits per heavy atom. The fourth-order valence-electron chi connectivity index (χ4n) is 2.59. The summed E-state index contributed by atoms with van der Waals surface area (Å²) in [4.78, 5) is 11.8. The number of sulfonamides is 1. The Morgan fingerprint density at radius 2 is 1.69 bits per heavy atom. The summed E-state index contributed by atoms with van der Waals surface area (Å²) in [6.07, 6.45) is -2.88. The van der Waals surface area contributed by atoms with E-state index in [2.05, 4.69) is 10.1 Å². The molecule has 1 aliphatic carbocycles. The molecule has 156 valence electrons. The summed E-state index contributed by atoms with van der Waals surface area (Å²) in [6, 6.07) is 10.8. The average molecular weight is 428 g/mol. The van der Waals surface area contributed by atoms with Gasteiger partial charge in [0.25, 0.3) is 5.91 Å². The standard InChI is InChI=1S/C19H19F3N2O4S/c1-24(12-13-2-4-14(5-3-13)18(25)23-15-6-7-15)29(26,27)17-10-8-16(9-11-17)28-19(20,21)22/h2-5,8-11,15H,6-7,12H2,1H3,(H,23,25). The van der Waals surface area contributed by atoms with Crippen LogP contribution >= 0.6 is 0 Å². The number of hydrogen-bond donors (Lipinski definition) is 1. The third kappa shape index (κ3) is 5.70. The summed E-state index contributed by atoms with van der Waals surface area (Å²) >= 11 is 0. The topological polar surface area (TPSA) is 75.7 Å². The van der Waals surface area contributed by atoms with Crippen molar-refractivity contribution >= 4 is 15.9 Å². The number of benzene rings is 2. The normalized spacial score (nSPS) is 14.7. The largest absolute Gasteiger partial charge is 0.573 e. The molecule has 1 N–H and O–H groups in total. The number of carbonyl (C=O) groups is 1. The minimum atomic E-state index is -4.85. The highest BCUT2D eigenvalue weighted by atomic mass is 32.2. The number of halogens is 3. The van der Waals surface area contributed by atoms with Crippen molar-refractivity contribution in [2.24, 2.45) is 0 Å². The Morgan fingerprint density at radius 3 is 2.21 bits per heavy atom. The van der Waals surface area contributed by atoms with E-state index in [1.807, 2.05) is 0 Å². The van der Waals surface area contributed by atoms with Gasteiger partial charge in [-0.1, -0.05) is 12.1 Å². The second-order valence-electron chi connectivity index (χ2n) is 6.72. The van der Waals surface area contributed by atoms with Crippen molar-refractivity contribution in [3.8, 4) is 5.75 Å². The average Bonchev–Trinajstić information content (AvgIpc) is 3.45. The highest BCUT2D eigenvalue weighted by Crippen LogP contribution is 2.25. The molecule has 0 unspecified atom stereocenters. The van der Waals surface area contributed by atoms with E-state index in [9.17, 15) is 26.4 Å². The van der Waals surface area contributed by atoms with Crippen LogP contribution in [0.5, 0.6) is 5.75 Å². The molecule has 0 aliphatic heterocycles. The number of carbonyl (C=O) groups excluding carboxylic acids is 1. The molecular formula is C19H19F3N2O4S. The lowest BCUT2D eigenvalue weighted by atomic mass is 10.1. The van der Waals surface area contributed by atoms with Crippen molar-refractivity contribution in [3.05, 3.63) is 59.7 Å². The van der Waals surface area contributed by atoms with Crippen LogP contribution in [0.2, 0.25) is 0 Å². The number of ether oxygens (including phenoxy) is 1. The van der Waals surface area contributed by atoms with Crippen molar-refractivity contribution in [2.75, 3.05) is 7.05 Å². The summed E-state index contributed by atoms with van der Waals surface area (Å²) in [6.45, 7) is 0.0354. The molecule has 1 aliphatic rings. The van der Waals surface area contributed by atoms with Gasteiger partial charge in [-0.15, -0.1) is 13.2 Å². The van der Waals surface area contributed by atoms with Gasteiger partial charge in [-0.2, -0.15) is 4.31 Å².